The maximum Gasteiger partial charge on any atom is 0.407 e. The molecule has 3 heterocycles. The molecule has 15 heteroatoms. The molecule has 14 nitrogen and oxygen atoms in total. The Labute approximate surface area is 297 Å². The summed E-state index contributed by atoms with van der Waals surface area (Å²) in [7, 11) is -3.95. The van der Waals surface area contributed by atoms with E-state index in [9.17, 15) is 32.7 Å². The van der Waals surface area contributed by atoms with E-state index >= 15 is 0 Å². The van der Waals surface area contributed by atoms with E-state index in [1.54, 1.807) is 33.0 Å². The molecular formula is C36H45N5O9S. The van der Waals surface area contributed by atoms with Crippen LogP contribution in [0.3, 0.4) is 0 Å². The molecule has 0 radical (unpaired) electrons. The fourth-order valence-corrected chi connectivity index (χ4v) is 8.12. The average molecular weight is 724 g/mol. The molecule has 2 fully saturated rings. The van der Waals surface area contributed by atoms with Gasteiger partial charge in [0, 0.05) is 23.9 Å². The second kappa shape index (κ2) is 13.9. The lowest BCUT2D eigenvalue weighted by Gasteiger charge is -2.42. The fraction of sp³-hybridized carbons (Fsp3) is 0.528. The zero-order valence-corrected chi connectivity index (χ0v) is 29.8. The largest absolute Gasteiger partial charge is 0.472 e. The Balaban J connectivity index is 1.35. The number of ether oxygens (including phenoxy) is 2. The molecule has 2 aliphatic heterocycles. The minimum absolute atomic E-state index is 0.0141. The van der Waals surface area contributed by atoms with Gasteiger partial charge in [-0.25, -0.2) is 18.2 Å². The molecule has 1 saturated carbocycles. The van der Waals surface area contributed by atoms with Crippen molar-refractivity contribution in [1.29, 1.82) is 0 Å². The monoisotopic (exact) mass is 723 g/mol. The van der Waals surface area contributed by atoms with Gasteiger partial charge in [0.1, 0.15) is 23.7 Å². The highest BCUT2D eigenvalue weighted by molar-refractivity contribution is 7.91. The Morgan fingerprint density at radius 1 is 1.16 bits per heavy atom. The predicted octanol–water partition coefficient (Wildman–Crippen LogP) is 2.78. The second-order valence-corrected chi connectivity index (χ2v) is 16.8. The average Bonchev–Trinajstić information content (AvgIpc) is 3.85. The zero-order chi connectivity index (χ0) is 36.7. The Hall–Kier alpha value is -4.50. The first kappa shape index (κ1) is 36.3. The van der Waals surface area contributed by atoms with E-state index in [-0.39, 0.29) is 25.5 Å². The van der Waals surface area contributed by atoms with Crippen molar-refractivity contribution in [2.75, 3.05) is 13.2 Å². The van der Waals surface area contributed by atoms with Crippen LogP contribution in [0.1, 0.15) is 71.0 Å². The second-order valence-electron chi connectivity index (χ2n) is 14.8. The summed E-state index contributed by atoms with van der Waals surface area (Å²) in [5, 5.41) is 17.2. The number of rotatable bonds is 6. The normalized spacial score (nSPS) is 28.8. The van der Waals surface area contributed by atoms with Crippen LogP contribution in [0, 0.1) is 11.3 Å². The van der Waals surface area contributed by atoms with E-state index < -0.39 is 80.3 Å². The number of aliphatic hydroxyl groups excluding tert-OH is 1. The molecule has 6 atom stereocenters. The van der Waals surface area contributed by atoms with Crippen LogP contribution in [0.15, 0.2) is 55.3 Å². The smallest absolute Gasteiger partial charge is 0.407 e. The van der Waals surface area contributed by atoms with E-state index in [2.05, 4.69) is 26.9 Å². The molecule has 4 amide bonds. The number of fused-ring (bicyclic) bond motifs is 3. The Morgan fingerprint density at radius 2 is 1.92 bits per heavy atom. The summed E-state index contributed by atoms with van der Waals surface area (Å²) >= 11 is 0. The molecule has 1 aromatic carbocycles. The van der Waals surface area contributed by atoms with E-state index in [0.717, 1.165) is 5.39 Å². The van der Waals surface area contributed by atoms with Crippen LogP contribution >= 0.6 is 0 Å². The van der Waals surface area contributed by atoms with Crippen LogP contribution < -0.4 is 20.1 Å². The highest BCUT2D eigenvalue weighted by Gasteiger charge is 2.53. The molecule has 4 bridgehead atoms. The lowest BCUT2D eigenvalue weighted by atomic mass is 9.73. The van der Waals surface area contributed by atoms with Crippen molar-refractivity contribution in [2.45, 2.75) is 94.4 Å². The van der Waals surface area contributed by atoms with Crippen LogP contribution in [0.2, 0.25) is 0 Å². The SMILES string of the molecule is C=C[C@@H]1C=C[C@]1(NC(=O)C1C[C@@H]2CN1C(=O)C(C(C)(C)C)NC(=O)OCCCCC(O)c1ccc3ccnc(c3c1)O2)C(=O)NS(=O)(=O)C1CC1. The van der Waals surface area contributed by atoms with Crippen LogP contribution in [0.4, 0.5) is 4.79 Å². The van der Waals surface area contributed by atoms with Crippen molar-refractivity contribution < 1.29 is 42.2 Å². The molecule has 274 valence electrons. The third-order valence-electron chi connectivity index (χ3n) is 10.00. The van der Waals surface area contributed by atoms with E-state index in [4.69, 9.17) is 9.47 Å². The van der Waals surface area contributed by atoms with Crippen molar-refractivity contribution in [1.82, 2.24) is 25.2 Å². The van der Waals surface area contributed by atoms with Crippen LogP contribution in [0.25, 0.3) is 10.8 Å². The van der Waals surface area contributed by atoms with E-state index in [0.29, 0.717) is 43.1 Å². The number of nitrogens with one attached hydrogen (secondary N) is 3. The number of sulfonamides is 1. The third-order valence-corrected chi connectivity index (χ3v) is 11.8. The number of aliphatic hydroxyl groups is 1. The number of benzene rings is 1. The molecule has 1 aromatic heterocycles. The molecule has 6 rings (SSSR count). The van der Waals surface area contributed by atoms with Gasteiger partial charge in [0.25, 0.3) is 5.91 Å². The van der Waals surface area contributed by atoms with Gasteiger partial charge in [0.2, 0.25) is 27.7 Å². The molecule has 3 unspecified atom stereocenters. The van der Waals surface area contributed by atoms with Gasteiger partial charge in [-0.15, -0.1) is 6.58 Å². The number of cyclic esters (lactones) is 1. The van der Waals surface area contributed by atoms with Crippen molar-refractivity contribution in [3.63, 3.8) is 0 Å². The van der Waals surface area contributed by atoms with Crippen LogP contribution in [0.5, 0.6) is 5.88 Å². The lowest BCUT2D eigenvalue weighted by Crippen LogP contribution is -2.67. The number of amides is 4. The minimum atomic E-state index is -3.95. The summed E-state index contributed by atoms with van der Waals surface area (Å²) in [5.41, 5.74) is -1.93. The van der Waals surface area contributed by atoms with Gasteiger partial charge < -0.3 is 30.1 Å². The summed E-state index contributed by atoms with van der Waals surface area (Å²) in [5.74, 6) is -2.68. The number of alkyl carbamates (subject to hydrolysis) is 1. The fourth-order valence-electron chi connectivity index (χ4n) is 6.77. The summed E-state index contributed by atoms with van der Waals surface area (Å²) < 4.78 is 39.4. The molecule has 2 aliphatic carbocycles. The first-order chi connectivity index (χ1) is 24.1. The highest BCUT2D eigenvalue weighted by Crippen LogP contribution is 2.36. The van der Waals surface area contributed by atoms with Gasteiger partial charge in [-0.1, -0.05) is 51.1 Å². The Bertz CT molecular complexity index is 1870. The summed E-state index contributed by atoms with van der Waals surface area (Å²) in [6.07, 6.45) is 6.07. The number of carbonyl (C=O) groups is 4. The zero-order valence-electron chi connectivity index (χ0n) is 29.0. The molecule has 2 aromatic rings. The summed E-state index contributed by atoms with van der Waals surface area (Å²) in [6.45, 7) is 9.07. The summed E-state index contributed by atoms with van der Waals surface area (Å²) in [6, 6.07) is 5.00. The van der Waals surface area contributed by atoms with Gasteiger partial charge in [-0.05, 0) is 60.6 Å². The number of hydrogen-bond acceptors (Lipinski definition) is 10. The molecule has 51 heavy (non-hydrogen) atoms. The minimum Gasteiger partial charge on any atom is -0.472 e. The molecule has 4 aliphatic rings. The van der Waals surface area contributed by atoms with Crippen LogP contribution in [-0.2, 0) is 29.1 Å². The Morgan fingerprint density at radius 3 is 2.59 bits per heavy atom. The molecule has 4 N–H and O–H groups in total. The van der Waals surface area contributed by atoms with Crippen molar-refractivity contribution in [3.8, 4) is 5.88 Å². The first-order valence-electron chi connectivity index (χ1n) is 17.3. The summed E-state index contributed by atoms with van der Waals surface area (Å²) in [4.78, 5) is 61.1. The maximum absolute atomic E-state index is 14.4. The van der Waals surface area contributed by atoms with E-state index in [1.165, 1.54) is 17.1 Å². The Kier molecular flexibility index (Phi) is 9.90. The van der Waals surface area contributed by atoms with Crippen LogP contribution in [-0.4, -0.2) is 89.4 Å². The van der Waals surface area contributed by atoms with Gasteiger partial charge in [-0.3, -0.25) is 19.1 Å². The standard InChI is InChI=1S/C36H45N5O9S/c1-5-23-13-15-36(23,33(45)40-51(47,48)25-11-12-25)39-30(43)27-19-24-20-41(27)32(44)29(35(2,3)4)38-34(46)49-17-7-6-8-28(42)22-10-9-21-14-16-37-31(50-24)26(21)18-22/h5,9-10,13-16,18,23-25,27-29,42H,1,6-8,11-12,17,19-20H2,2-4H3,(H,38,46)(H,39,43)(H,40,45)/t23-,24-,27?,28?,29?,36-/m1/s1. The molecular weight excluding hydrogens is 678 g/mol. The number of aromatic nitrogens is 1. The molecule has 0 spiro atoms. The van der Waals surface area contributed by atoms with Crippen molar-refractivity contribution in [2.24, 2.45) is 11.3 Å². The van der Waals surface area contributed by atoms with Gasteiger partial charge in [0.15, 0.2) is 0 Å². The van der Waals surface area contributed by atoms with Crippen molar-refractivity contribution >= 4 is 44.6 Å². The van der Waals surface area contributed by atoms with Crippen molar-refractivity contribution in [3.05, 3.63) is 60.8 Å². The first-order valence-corrected chi connectivity index (χ1v) is 18.8. The maximum atomic E-state index is 14.4. The topological polar surface area (TPSA) is 193 Å². The van der Waals surface area contributed by atoms with Gasteiger partial charge >= 0.3 is 6.09 Å². The van der Waals surface area contributed by atoms with E-state index in [1.807, 2.05) is 24.3 Å². The lowest BCUT2D eigenvalue weighted by molar-refractivity contribution is -0.143. The number of hydrogen-bond donors (Lipinski definition) is 4. The molecule has 1 saturated heterocycles. The highest BCUT2D eigenvalue weighted by atomic mass is 32.2. The third kappa shape index (κ3) is 7.45. The van der Waals surface area contributed by atoms with Gasteiger partial charge in [-0.2, -0.15) is 0 Å². The number of pyridine rings is 1. The quantitative estimate of drug-likeness (QED) is 0.322. The number of nitrogens with zero attached hydrogens (tertiary/aromatic N) is 2. The predicted molar refractivity (Wildman–Crippen MR) is 187 cm³/mol. The number of carbonyl (C=O) groups excluding carboxylic acids is 4. The van der Waals surface area contributed by atoms with Gasteiger partial charge in [0.05, 0.1) is 24.5 Å².